The molecule has 0 aliphatic heterocycles. The summed E-state index contributed by atoms with van der Waals surface area (Å²) in [6.45, 7) is 3.80. The van der Waals surface area contributed by atoms with Crippen molar-refractivity contribution in [1.29, 1.82) is 0 Å². The molecule has 0 aromatic carbocycles. The van der Waals surface area contributed by atoms with Crippen molar-refractivity contribution >= 4 is 0 Å². The van der Waals surface area contributed by atoms with Gasteiger partial charge in [-0.05, 0) is 25.5 Å². The molecular formula is C13H17N3O2. The van der Waals surface area contributed by atoms with Crippen molar-refractivity contribution in [1.82, 2.24) is 14.8 Å². The molecule has 2 rings (SSSR count). The van der Waals surface area contributed by atoms with Crippen LogP contribution >= 0.6 is 0 Å². The van der Waals surface area contributed by atoms with Crippen molar-refractivity contribution in [3.05, 3.63) is 40.8 Å². The lowest BCUT2D eigenvalue weighted by molar-refractivity contribution is 0.211. The molecule has 0 amide bonds. The van der Waals surface area contributed by atoms with Crippen molar-refractivity contribution in [2.45, 2.75) is 20.0 Å². The van der Waals surface area contributed by atoms with Crippen LogP contribution in [0.5, 0.6) is 5.88 Å². The Balaban J connectivity index is 2.53. The van der Waals surface area contributed by atoms with E-state index in [1.54, 1.807) is 31.2 Å². The summed E-state index contributed by atoms with van der Waals surface area (Å²) >= 11 is 0. The summed E-state index contributed by atoms with van der Waals surface area (Å²) in [6, 6.07) is 1.87. The average Bonchev–Trinajstić information content (AvgIpc) is 2.63. The lowest BCUT2D eigenvalue weighted by atomic mass is 10.00. The second kappa shape index (κ2) is 4.78. The normalized spacial score (nSPS) is 12.5. The number of nitrogens with zero attached hydrogens (tertiary/aromatic N) is 3. The smallest absolute Gasteiger partial charge is 0.217 e. The summed E-state index contributed by atoms with van der Waals surface area (Å²) in [6.07, 6.45) is 2.60. The van der Waals surface area contributed by atoms with Crippen LogP contribution in [-0.2, 0) is 7.05 Å². The zero-order valence-electron chi connectivity index (χ0n) is 11.0. The molecule has 1 N–H and O–H groups in total. The number of hydrogen-bond donors (Lipinski definition) is 1. The molecule has 18 heavy (non-hydrogen) atoms. The summed E-state index contributed by atoms with van der Waals surface area (Å²) in [5, 5.41) is 14.8. The second-order valence-electron chi connectivity index (χ2n) is 4.27. The molecule has 0 aliphatic rings. The fourth-order valence-corrected chi connectivity index (χ4v) is 2.13. The van der Waals surface area contributed by atoms with Gasteiger partial charge < -0.3 is 9.84 Å². The fourth-order valence-electron chi connectivity index (χ4n) is 2.13. The van der Waals surface area contributed by atoms with Crippen molar-refractivity contribution in [2.24, 2.45) is 7.05 Å². The minimum Gasteiger partial charge on any atom is -0.481 e. The molecule has 0 aliphatic carbocycles. The number of aliphatic hydroxyl groups is 1. The lowest BCUT2D eigenvalue weighted by Crippen LogP contribution is -2.05. The Morgan fingerprint density at radius 3 is 2.72 bits per heavy atom. The van der Waals surface area contributed by atoms with Gasteiger partial charge in [-0.15, -0.1) is 0 Å². The van der Waals surface area contributed by atoms with Gasteiger partial charge in [0.2, 0.25) is 5.88 Å². The zero-order valence-corrected chi connectivity index (χ0v) is 11.0. The molecule has 0 saturated heterocycles. The van der Waals surface area contributed by atoms with Crippen molar-refractivity contribution < 1.29 is 9.84 Å². The third-order valence-corrected chi connectivity index (χ3v) is 3.06. The summed E-state index contributed by atoms with van der Waals surface area (Å²) in [5.41, 5.74) is 3.20. The molecule has 0 fully saturated rings. The summed E-state index contributed by atoms with van der Waals surface area (Å²) < 4.78 is 6.92. The molecule has 5 nitrogen and oxygen atoms in total. The van der Waals surface area contributed by atoms with Crippen molar-refractivity contribution in [3.63, 3.8) is 0 Å². The number of ether oxygens (including phenoxy) is 1. The average molecular weight is 247 g/mol. The third-order valence-electron chi connectivity index (χ3n) is 3.06. The van der Waals surface area contributed by atoms with E-state index in [9.17, 15) is 5.11 Å². The summed E-state index contributed by atoms with van der Waals surface area (Å²) in [7, 11) is 3.36. The first kappa shape index (κ1) is 12.6. The maximum absolute atomic E-state index is 10.5. The minimum absolute atomic E-state index is 0.572. The van der Waals surface area contributed by atoms with Gasteiger partial charge in [0.15, 0.2) is 0 Å². The van der Waals surface area contributed by atoms with E-state index in [-0.39, 0.29) is 0 Å². The van der Waals surface area contributed by atoms with Gasteiger partial charge >= 0.3 is 0 Å². The molecule has 0 radical (unpaired) electrons. The van der Waals surface area contributed by atoms with E-state index in [0.29, 0.717) is 11.4 Å². The number of pyridine rings is 1. The molecule has 2 aromatic rings. The largest absolute Gasteiger partial charge is 0.481 e. The Kier molecular flexibility index (Phi) is 3.34. The predicted molar refractivity (Wildman–Crippen MR) is 67.5 cm³/mol. The van der Waals surface area contributed by atoms with Gasteiger partial charge in [-0.2, -0.15) is 5.10 Å². The molecule has 0 bridgehead atoms. The van der Waals surface area contributed by atoms with E-state index in [4.69, 9.17) is 4.74 Å². The first-order valence-electron chi connectivity index (χ1n) is 5.72. The van der Waals surface area contributed by atoms with E-state index >= 15 is 0 Å². The number of aromatic nitrogens is 3. The fraction of sp³-hybridized carbons (Fsp3) is 0.385. The maximum atomic E-state index is 10.5. The zero-order chi connectivity index (χ0) is 13.3. The molecule has 2 aromatic heterocycles. The second-order valence-corrected chi connectivity index (χ2v) is 4.27. The van der Waals surface area contributed by atoms with E-state index in [2.05, 4.69) is 10.1 Å². The minimum atomic E-state index is -0.776. The van der Waals surface area contributed by atoms with E-state index < -0.39 is 6.10 Å². The molecule has 0 spiro atoms. The summed E-state index contributed by atoms with van der Waals surface area (Å²) in [5.74, 6) is 0.572. The van der Waals surface area contributed by atoms with Gasteiger partial charge in [-0.25, -0.2) is 4.68 Å². The number of aliphatic hydroxyl groups excluding tert-OH is 1. The van der Waals surface area contributed by atoms with Crippen LogP contribution in [0.4, 0.5) is 0 Å². The highest BCUT2D eigenvalue weighted by atomic mass is 16.5. The highest BCUT2D eigenvalue weighted by Gasteiger charge is 2.24. The van der Waals surface area contributed by atoms with Crippen LogP contribution in [0.2, 0.25) is 0 Å². The standard InChI is InChI=1S/C13H17N3O2/c1-8-5-6-14-7-10(8)12(17)11-9(2)15-16(3)13(11)18-4/h5-7,12,17H,1-4H3. The Hall–Kier alpha value is -1.88. The first-order chi connectivity index (χ1) is 8.56. The monoisotopic (exact) mass is 247 g/mol. The predicted octanol–water partition coefficient (Wildman–Crippen LogP) is 1.52. The van der Waals surface area contributed by atoms with Crippen molar-refractivity contribution in [2.75, 3.05) is 7.11 Å². The van der Waals surface area contributed by atoms with Gasteiger partial charge in [0.05, 0.1) is 18.4 Å². The molecule has 2 heterocycles. The van der Waals surface area contributed by atoms with Crippen LogP contribution < -0.4 is 4.74 Å². The number of hydrogen-bond acceptors (Lipinski definition) is 4. The van der Waals surface area contributed by atoms with Crippen LogP contribution in [0.25, 0.3) is 0 Å². The molecule has 5 heteroatoms. The molecular weight excluding hydrogens is 230 g/mol. The molecule has 1 unspecified atom stereocenters. The van der Waals surface area contributed by atoms with Gasteiger partial charge in [-0.1, -0.05) is 0 Å². The van der Waals surface area contributed by atoms with Crippen LogP contribution in [-0.4, -0.2) is 27.0 Å². The molecule has 1 atom stereocenters. The Morgan fingerprint density at radius 2 is 2.11 bits per heavy atom. The van der Waals surface area contributed by atoms with Gasteiger partial charge in [-0.3, -0.25) is 4.98 Å². The van der Waals surface area contributed by atoms with Gasteiger partial charge in [0.1, 0.15) is 6.10 Å². The topological polar surface area (TPSA) is 60.2 Å². The third kappa shape index (κ3) is 1.97. The Morgan fingerprint density at radius 1 is 1.39 bits per heavy atom. The molecule has 0 saturated carbocycles. The first-order valence-corrected chi connectivity index (χ1v) is 5.72. The maximum Gasteiger partial charge on any atom is 0.217 e. The lowest BCUT2D eigenvalue weighted by Gasteiger charge is -2.14. The molecule has 96 valence electrons. The Labute approximate surface area is 106 Å². The number of rotatable bonds is 3. The van der Waals surface area contributed by atoms with Crippen LogP contribution in [0.15, 0.2) is 18.5 Å². The van der Waals surface area contributed by atoms with Gasteiger partial charge in [0.25, 0.3) is 0 Å². The SMILES string of the molecule is COc1c(C(O)c2cnccc2C)c(C)nn1C. The van der Waals surface area contributed by atoms with E-state index in [1.165, 1.54) is 0 Å². The van der Waals surface area contributed by atoms with E-state index in [0.717, 1.165) is 16.8 Å². The van der Waals surface area contributed by atoms with Crippen LogP contribution in [0.1, 0.15) is 28.5 Å². The van der Waals surface area contributed by atoms with Crippen molar-refractivity contribution in [3.8, 4) is 5.88 Å². The quantitative estimate of drug-likeness (QED) is 0.893. The highest BCUT2D eigenvalue weighted by Crippen LogP contribution is 2.33. The number of aryl methyl sites for hydroxylation is 3. The van der Waals surface area contributed by atoms with Crippen LogP contribution in [0.3, 0.4) is 0 Å². The number of methoxy groups -OCH3 is 1. The van der Waals surface area contributed by atoms with Crippen LogP contribution in [0, 0.1) is 13.8 Å². The summed E-state index contributed by atoms with van der Waals surface area (Å²) in [4.78, 5) is 4.06. The Bertz CT molecular complexity index is 563. The van der Waals surface area contributed by atoms with Gasteiger partial charge in [0, 0.05) is 25.0 Å². The highest BCUT2D eigenvalue weighted by molar-refractivity contribution is 5.40. The van der Waals surface area contributed by atoms with E-state index in [1.807, 2.05) is 19.9 Å².